The van der Waals surface area contributed by atoms with E-state index >= 15 is 0 Å². The van der Waals surface area contributed by atoms with Crippen LogP contribution < -0.4 is 10.6 Å². The normalized spacial score (nSPS) is 16.6. The first-order chi connectivity index (χ1) is 9.11. The molecule has 0 aromatic heterocycles. The first-order valence-electron chi connectivity index (χ1n) is 6.50. The number of hydrogen-bond donors (Lipinski definition) is 1. The van der Waals surface area contributed by atoms with Gasteiger partial charge in [0.25, 0.3) is 5.69 Å². The molecule has 0 radical (unpaired) electrons. The van der Waals surface area contributed by atoms with Gasteiger partial charge in [-0.3, -0.25) is 10.1 Å². The summed E-state index contributed by atoms with van der Waals surface area (Å²) in [6.45, 7) is 2.60. The van der Waals surface area contributed by atoms with Crippen molar-refractivity contribution < 1.29 is 4.92 Å². The largest absolute Gasteiger partial charge is 0.370 e. The molecule has 1 saturated heterocycles. The van der Waals surface area contributed by atoms with Crippen molar-refractivity contribution in [1.29, 1.82) is 0 Å². The monoisotopic (exact) mass is 283 g/mol. The Morgan fingerprint density at radius 2 is 2.11 bits per heavy atom. The fourth-order valence-corrected chi connectivity index (χ4v) is 2.86. The maximum absolute atomic E-state index is 10.7. The molecule has 0 aliphatic carbocycles. The SMILES string of the molecule is NCCC1CCN(c2ccc([N+](=O)[O-])cc2Cl)CC1. The van der Waals surface area contributed by atoms with Gasteiger partial charge in [0.05, 0.1) is 15.6 Å². The van der Waals surface area contributed by atoms with Gasteiger partial charge in [-0.25, -0.2) is 0 Å². The molecule has 104 valence electrons. The molecular formula is C13H18ClN3O2. The van der Waals surface area contributed by atoms with Crippen molar-refractivity contribution in [1.82, 2.24) is 0 Å². The number of halogens is 1. The molecule has 0 unspecified atom stereocenters. The summed E-state index contributed by atoms with van der Waals surface area (Å²) in [6, 6.07) is 4.67. The summed E-state index contributed by atoms with van der Waals surface area (Å²) in [6.07, 6.45) is 3.27. The molecule has 2 rings (SSSR count). The highest BCUT2D eigenvalue weighted by molar-refractivity contribution is 6.33. The summed E-state index contributed by atoms with van der Waals surface area (Å²) >= 11 is 6.14. The van der Waals surface area contributed by atoms with Crippen LogP contribution in [0.15, 0.2) is 18.2 Å². The lowest BCUT2D eigenvalue weighted by molar-refractivity contribution is -0.384. The Hall–Kier alpha value is -1.33. The molecule has 1 fully saturated rings. The number of hydrogen-bond acceptors (Lipinski definition) is 4. The van der Waals surface area contributed by atoms with Crippen molar-refractivity contribution >= 4 is 23.0 Å². The van der Waals surface area contributed by atoms with Crippen LogP contribution >= 0.6 is 11.6 Å². The average Bonchev–Trinajstić information content (AvgIpc) is 2.40. The minimum atomic E-state index is -0.427. The summed E-state index contributed by atoms with van der Waals surface area (Å²) in [7, 11) is 0. The summed E-state index contributed by atoms with van der Waals surface area (Å²) in [5.41, 5.74) is 6.50. The Labute approximate surface area is 117 Å². The van der Waals surface area contributed by atoms with Gasteiger partial charge in [0.1, 0.15) is 0 Å². The molecule has 0 saturated carbocycles. The van der Waals surface area contributed by atoms with E-state index < -0.39 is 4.92 Å². The van der Waals surface area contributed by atoms with Gasteiger partial charge in [0, 0.05) is 25.2 Å². The first-order valence-corrected chi connectivity index (χ1v) is 6.88. The van der Waals surface area contributed by atoms with E-state index in [4.69, 9.17) is 17.3 Å². The third-order valence-corrected chi connectivity index (χ3v) is 3.97. The molecule has 1 aromatic carbocycles. The first kappa shape index (κ1) is 14.1. The number of nitrogens with zero attached hydrogens (tertiary/aromatic N) is 2. The minimum absolute atomic E-state index is 0.0340. The highest BCUT2D eigenvalue weighted by Crippen LogP contribution is 2.32. The van der Waals surface area contributed by atoms with Gasteiger partial charge >= 0.3 is 0 Å². The van der Waals surface area contributed by atoms with E-state index in [1.807, 2.05) is 0 Å². The smallest absolute Gasteiger partial charge is 0.271 e. The Kier molecular flexibility index (Phi) is 4.61. The number of nitro benzene ring substituents is 1. The van der Waals surface area contributed by atoms with Crippen molar-refractivity contribution in [2.24, 2.45) is 11.7 Å². The zero-order valence-corrected chi connectivity index (χ0v) is 11.5. The lowest BCUT2D eigenvalue weighted by Gasteiger charge is -2.34. The van der Waals surface area contributed by atoms with Crippen molar-refractivity contribution in [3.05, 3.63) is 33.3 Å². The van der Waals surface area contributed by atoms with Gasteiger partial charge in [-0.2, -0.15) is 0 Å². The highest BCUT2D eigenvalue weighted by atomic mass is 35.5. The van der Waals surface area contributed by atoms with Crippen LogP contribution in [0.3, 0.4) is 0 Å². The van der Waals surface area contributed by atoms with Gasteiger partial charge in [0.2, 0.25) is 0 Å². The van der Waals surface area contributed by atoms with Crippen LogP contribution in [-0.4, -0.2) is 24.6 Å². The van der Waals surface area contributed by atoms with Crippen LogP contribution in [0.5, 0.6) is 0 Å². The van der Waals surface area contributed by atoms with Crippen LogP contribution in [0.2, 0.25) is 5.02 Å². The van der Waals surface area contributed by atoms with Crippen LogP contribution in [0, 0.1) is 16.0 Å². The standard InChI is InChI=1S/C13H18ClN3O2/c14-12-9-11(17(18)19)1-2-13(12)16-7-4-10(3-6-15)5-8-16/h1-2,9-10H,3-8,15H2. The molecule has 0 atom stereocenters. The summed E-state index contributed by atoms with van der Waals surface area (Å²) in [5.74, 6) is 0.693. The van der Waals surface area contributed by atoms with Crippen LogP contribution in [-0.2, 0) is 0 Å². The van der Waals surface area contributed by atoms with Crippen molar-refractivity contribution in [2.75, 3.05) is 24.5 Å². The molecule has 5 nitrogen and oxygen atoms in total. The summed E-state index contributed by atoms with van der Waals surface area (Å²) < 4.78 is 0. The van der Waals surface area contributed by atoms with Gasteiger partial charge in [-0.15, -0.1) is 0 Å². The molecule has 1 aliphatic rings. The maximum Gasteiger partial charge on any atom is 0.271 e. The maximum atomic E-state index is 10.7. The third kappa shape index (κ3) is 3.36. The quantitative estimate of drug-likeness (QED) is 0.681. The lowest BCUT2D eigenvalue weighted by atomic mass is 9.93. The second-order valence-electron chi connectivity index (χ2n) is 4.90. The molecule has 1 aliphatic heterocycles. The molecule has 2 N–H and O–H groups in total. The summed E-state index contributed by atoms with van der Waals surface area (Å²) in [4.78, 5) is 12.4. The molecule has 0 spiro atoms. The number of anilines is 1. The van der Waals surface area contributed by atoms with Crippen molar-refractivity contribution in [2.45, 2.75) is 19.3 Å². The van der Waals surface area contributed by atoms with Crippen LogP contribution in [0.4, 0.5) is 11.4 Å². The predicted molar refractivity (Wildman–Crippen MR) is 76.7 cm³/mol. The number of piperidine rings is 1. The number of nitro groups is 1. The fourth-order valence-electron chi connectivity index (χ4n) is 2.56. The van der Waals surface area contributed by atoms with Crippen molar-refractivity contribution in [3.63, 3.8) is 0 Å². The van der Waals surface area contributed by atoms with Gasteiger partial charge in [0.15, 0.2) is 0 Å². The van der Waals surface area contributed by atoms with E-state index in [9.17, 15) is 10.1 Å². The summed E-state index contributed by atoms with van der Waals surface area (Å²) in [5, 5.41) is 11.1. The Morgan fingerprint density at radius 3 is 2.63 bits per heavy atom. The van der Waals surface area contributed by atoms with E-state index in [0.717, 1.165) is 44.6 Å². The van der Waals surface area contributed by atoms with E-state index in [-0.39, 0.29) is 5.69 Å². The van der Waals surface area contributed by atoms with Gasteiger partial charge in [-0.05, 0) is 37.8 Å². The van der Waals surface area contributed by atoms with Gasteiger partial charge < -0.3 is 10.6 Å². The average molecular weight is 284 g/mol. The second kappa shape index (κ2) is 6.21. The highest BCUT2D eigenvalue weighted by Gasteiger charge is 2.21. The molecule has 1 heterocycles. The number of nitrogens with two attached hydrogens (primary N) is 1. The van der Waals surface area contributed by atoms with Crippen LogP contribution in [0.25, 0.3) is 0 Å². The zero-order valence-electron chi connectivity index (χ0n) is 10.7. The molecule has 19 heavy (non-hydrogen) atoms. The Morgan fingerprint density at radius 1 is 1.42 bits per heavy atom. The van der Waals surface area contributed by atoms with Gasteiger partial charge in [-0.1, -0.05) is 11.6 Å². The van der Waals surface area contributed by atoms with E-state index in [1.54, 1.807) is 6.07 Å². The second-order valence-corrected chi connectivity index (χ2v) is 5.31. The third-order valence-electron chi connectivity index (χ3n) is 3.67. The Balaban J connectivity index is 2.05. The molecule has 0 amide bonds. The number of benzene rings is 1. The molecular weight excluding hydrogens is 266 g/mol. The Bertz CT molecular complexity index is 459. The minimum Gasteiger partial charge on any atom is -0.370 e. The fraction of sp³-hybridized carbons (Fsp3) is 0.538. The van der Waals surface area contributed by atoms with Crippen LogP contribution in [0.1, 0.15) is 19.3 Å². The zero-order chi connectivity index (χ0) is 13.8. The van der Waals surface area contributed by atoms with E-state index in [0.29, 0.717) is 10.9 Å². The van der Waals surface area contributed by atoms with E-state index in [2.05, 4.69) is 4.90 Å². The topological polar surface area (TPSA) is 72.4 Å². The molecule has 1 aromatic rings. The molecule has 6 heteroatoms. The number of rotatable bonds is 4. The number of non-ortho nitro benzene ring substituents is 1. The predicted octanol–water partition coefficient (Wildman–Crippen LogP) is 2.81. The van der Waals surface area contributed by atoms with E-state index in [1.165, 1.54) is 12.1 Å². The van der Waals surface area contributed by atoms with Crippen molar-refractivity contribution in [3.8, 4) is 0 Å². The lowest BCUT2D eigenvalue weighted by Crippen LogP contribution is -2.34. The molecule has 0 bridgehead atoms.